The number of carbonyl (C=O) groups excluding carboxylic acids is 1. The Kier molecular flexibility index (Phi) is 5.77. The van der Waals surface area contributed by atoms with Gasteiger partial charge in [0, 0.05) is 18.1 Å². The van der Waals surface area contributed by atoms with Gasteiger partial charge < -0.3 is 9.47 Å². The maximum atomic E-state index is 13.3. The predicted molar refractivity (Wildman–Crippen MR) is 104 cm³/mol. The zero-order valence-corrected chi connectivity index (χ0v) is 16.0. The molecule has 0 unspecified atom stereocenters. The van der Waals surface area contributed by atoms with Crippen LogP contribution in [0.25, 0.3) is 0 Å². The van der Waals surface area contributed by atoms with Gasteiger partial charge in [0.05, 0.1) is 6.10 Å². The van der Waals surface area contributed by atoms with Gasteiger partial charge >= 0.3 is 0 Å². The lowest BCUT2D eigenvalue weighted by molar-refractivity contribution is 0.0306. The minimum absolute atomic E-state index is 0.231. The molecule has 1 fully saturated rings. The molecule has 26 heavy (non-hydrogen) atoms. The van der Waals surface area contributed by atoms with E-state index in [0.717, 1.165) is 48.1 Å². The minimum atomic E-state index is -0.308. The second-order valence-corrected chi connectivity index (χ2v) is 7.58. The van der Waals surface area contributed by atoms with E-state index in [0.29, 0.717) is 6.61 Å². The summed E-state index contributed by atoms with van der Waals surface area (Å²) < 4.78 is 11.4. The lowest BCUT2D eigenvalue weighted by Gasteiger charge is -2.36. The molecule has 138 valence electrons. The molecule has 2 aromatic carbocycles. The third kappa shape index (κ3) is 4.16. The van der Waals surface area contributed by atoms with Gasteiger partial charge in [-0.1, -0.05) is 43.3 Å². The Balaban J connectivity index is 1.74. The standard InChI is InChI=1S/C23H28O3/c1-17-9-10-20(26-16-18-7-5-4-6-8-18)15-21(17)22(24)23(2)13-11-19(25-3)12-14-23/h4-10,15,19H,11-14,16H2,1-3H3. The van der Waals surface area contributed by atoms with Gasteiger partial charge in [-0.3, -0.25) is 4.79 Å². The van der Waals surface area contributed by atoms with Crippen molar-refractivity contribution in [3.63, 3.8) is 0 Å². The molecule has 0 amide bonds. The summed E-state index contributed by atoms with van der Waals surface area (Å²) >= 11 is 0. The average Bonchev–Trinajstić information content (AvgIpc) is 2.68. The third-order valence-electron chi connectivity index (χ3n) is 5.62. The molecule has 1 aliphatic carbocycles. The average molecular weight is 352 g/mol. The number of ether oxygens (including phenoxy) is 2. The van der Waals surface area contributed by atoms with Crippen LogP contribution in [0.4, 0.5) is 0 Å². The second-order valence-electron chi connectivity index (χ2n) is 7.58. The number of aryl methyl sites for hydroxylation is 1. The predicted octanol–water partition coefficient (Wildman–Crippen LogP) is 5.35. The summed E-state index contributed by atoms with van der Waals surface area (Å²) in [6.45, 7) is 4.60. The second kappa shape index (κ2) is 8.05. The molecule has 0 saturated heterocycles. The minimum Gasteiger partial charge on any atom is -0.489 e. The van der Waals surface area contributed by atoms with E-state index in [9.17, 15) is 4.79 Å². The molecular formula is C23H28O3. The van der Waals surface area contributed by atoms with Crippen molar-refractivity contribution in [2.24, 2.45) is 5.41 Å². The fraction of sp³-hybridized carbons (Fsp3) is 0.435. The maximum Gasteiger partial charge on any atom is 0.169 e. The van der Waals surface area contributed by atoms with E-state index in [1.807, 2.05) is 55.5 Å². The maximum absolute atomic E-state index is 13.3. The van der Waals surface area contributed by atoms with Crippen LogP contribution in [-0.4, -0.2) is 19.0 Å². The molecule has 0 N–H and O–H groups in total. The van der Waals surface area contributed by atoms with Crippen molar-refractivity contribution >= 4 is 5.78 Å². The molecule has 2 aromatic rings. The highest BCUT2D eigenvalue weighted by Gasteiger charge is 2.38. The normalized spacial score (nSPS) is 22.8. The van der Waals surface area contributed by atoms with Gasteiger partial charge in [0.25, 0.3) is 0 Å². The molecule has 3 nitrogen and oxygen atoms in total. The molecule has 3 heteroatoms. The summed E-state index contributed by atoms with van der Waals surface area (Å²) in [5, 5.41) is 0. The van der Waals surface area contributed by atoms with Crippen molar-refractivity contribution in [1.29, 1.82) is 0 Å². The summed E-state index contributed by atoms with van der Waals surface area (Å²) in [6.07, 6.45) is 3.93. The SMILES string of the molecule is COC1CCC(C)(C(=O)c2cc(OCc3ccccc3)ccc2C)CC1. The Morgan fingerprint density at radius 2 is 1.81 bits per heavy atom. The summed E-state index contributed by atoms with van der Waals surface area (Å²) in [5.41, 5.74) is 2.61. The Bertz CT molecular complexity index is 743. The van der Waals surface area contributed by atoms with E-state index in [-0.39, 0.29) is 17.3 Å². The molecule has 0 spiro atoms. The number of hydrogen-bond donors (Lipinski definition) is 0. The van der Waals surface area contributed by atoms with E-state index in [1.165, 1.54) is 0 Å². The van der Waals surface area contributed by atoms with Crippen LogP contribution in [0, 0.1) is 12.3 Å². The summed E-state index contributed by atoms with van der Waals surface area (Å²) in [6, 6.07) is 15.9. The summed E-state index contributed by atoms with van der Waals surface area (Å²) in [7, 11) is 1.76. The highest BCUT2D eigenvalue weighted by atomic mass is 16.5. The van der Waals surface area contributed by atoms with Crippen molar-refractivity contribution in [3.8, 4) is 5.75 Å². The van der Waals surface area contributed by atoms with Gasteiger partial charge in [-0.2, -0.15) is 0 Å². The Labute approximate surface area is 156 Å². The first-order valence-electron chi connectivity index (χ1n) is 9.37. The van der Waals surface area contributed by atoms with Crippen LogP contribution in [0.15, 0.2) is 48.5 Å². The van der Waals surface area contributed by atoms with Crippen LogP contribution in [0.2, 0.25) is 0 Å². The molecule has 1 aliphatic rings. The topological polar surface area (TPSA) is 35.5 Å². The van der Waals surface area contributed by atoms with Crippen molar-refractivity contribution in [2.45, 2.75) is 52.2 Å². The highest BCUT2D eigenvalue weighted by molar-refractivity contribution is 6.01. The largest absolute Gasteiger partial charge is 0.489 e. The molecule has 1 saturated carbocycles. The lowest BCUT2D eigenvalue weighted by Crippen LogP contribution is -2.35. The molecule has 0 aromatic heterocycles. The van der Waals surface area contributed by atoms with Crippen LogP contribution >= 0.6 is 0 Å². The van der Waals surface area contributed by atoms with E-state index in [2.05, 4.69) is 6.92 Å². The van der Waals surface area contributed by atoms with Crippen molar-refractivity contribution < 1.29 is 14.3 Å². The monoisotopic (exact) mass is 352 g/mol. The molecule has 0 aliphatic heterocycles. The first-order valence-corrected chi connectivity index (χ1v) is 9.37. The van der Waals surface area contributed by atoms with Crippen LogP contribution in [0.3, 0.4) is 0 Å². The number of hydrogen-bond acceptors (Lipinski definition) is 3. The van der Waals surface area contributed by atoms with Gasteiger partial charge in [-0.05, 0) is 55.9 Å². The zero-order valence-electron chi connectivity index (χ0n) is 16.0. The molecule has 3 rings (SSSR count). The lowest BCUT2D eigenvalue weighted by atomic mass is 9.70. The van der Waals surface area contributed by atoms with Crippen LogP contribution < -0.4 is 4.74 Å². The fourth-order valence-corrected chi connectivity index (χ4v) is 3.69. The van der Waals surface area contributed by atoms with Gasteiger partial charge in [0.1, 0.15) is 12.4 Å². The van der Waals surface area contributed by atoms with E-state index < -0.39 is 0 Å². The fourth-order valence-electron chi connectivity index (χ4n) is 3.69. The first-order chi connectivity index (χ1) is 12.5. The quantitative estimate of drug-likeness (QED) is 0.657. The zero-order chi connectivity index (χ0) is 18.6. The highest BCUT2D eigenvalue weighted by Crippen LogP contribution is 2.40. The van der Waals surface area contributed by atoms with Gasteiger partial charge in [0.15, 0.2) is 5.78 Å². The first kappa shape index (κ1) is 18.7. The number of methoxy groups -OCH3 is 1. The Morgan fingerprint density at radius 3 is 2.46 bits per heavy atom. The van der Waals surface area contributed by atoms with Gasteiger partial charge in [0.2, 0.25) is 0 Å². The van der Waals surface area contributed by atoms with Gasteiger partial charge in [-0.15, -0.1) is 0 Å². The van der Waals surface area contributed by atoms with Crippen molar-refractivity contribution in [2.75, 3.05) is 7.11 Å². The van der Waals surface area contributed by atoms with Crippen LogP contribution in [0.5, 0.6) is 5.75 Å². The Morgan fingerprint density at radius 1 is 1.12 bits per heavy atom. The summed E-state index contributed by atoms with van der Waals surface area (Å²) in [4.78, 5) is 13.3. The molecular weight excluding hydrogens is 324 g/mol. The van der Waals surface area contributed by atoms with E-state index in [4.69, 9.17) is 9.47 Å². The van der Waals surface area contributed by atoms with Gasteiger partial charge in [-0.25, -0.2) is 0 Å². The summed E-state index contributed by atoms with van der Waals surface area (Å²) in [5.74, 6) is 0.978. The van der Waals surface area contributed by atoms with E-state index in [1.54, 1.807) is 7.11 Å². The van der Waals surface area contributed by atoms with Crippen LogP contribution in [0.1, 0.15) is 54.1 Å². The number of benzene rings is 2. The molecule has 0 bridgehead atoms. The smallest absolute Gasteiger partial charge is 0.169 e. The molecule has 0 heterocycles. The molecule has 0 radical (unpaired) electrons. The van der Waals surface area contributed by atoms with E-state index >= 15 is 0 Å². The molecule has 0 atom stereocenters. The number of carbonyl (C=O) groups is 1. The number of rotatable bonds is 6. The third-order valence-corrected chi connectivity index (χ3v) is 5.62. The number of ketones is 1. The van der Waals surface area contributed by atoms with Crippen molar-refractivity contribution in [3.05, 3.63) is 65.2 Å². The number of Topliss-reactive ketones (excluding diaryl/α,β-unsaturated/α-hetero) is 1. The Hall–Kier alpha value is -2.13. The van der Waals surface area contributed by atoms with Crippen molar-refractivity contribution in [1.82, 2.24) is 0 Å². The van der Waals surface area contributed by atoms with Crippen LogP contribution in [-0.2, 0) is 11.3 Å².